The molecule has 4 heteroatoms. The summed E-state index contributed by atoms with van der Waals surface area (Å²) in [6, 6.07) is 0.0231. The van der Waals surface area contributed by atoms with E-state index in [1.807, 2.05) is 11.9 Å². The number of nitrogens with one attached hydrogen (secondary N) is 1. The van der Waals surface area contributed by atoms with Gasteiger partial charge in [-0.15, -0.1) is 0 Å². The van der Waals surface area contributed by atoms with E-state index < -0.39 is 0 Å². The molecule has 3 N–H and O–H groups in total. The van der Waals surface area contributed by atoms with Crippen molar-refractivity contribution in [2.24, 2.45) is 5.84 Å². The lowest BCUT2D eigenvalue weighted by molar-refractivity contribution is -0.129. The van der Waals surface area contributed by atoms with Crippen LogP contribution in [0.1, 0.15) is 6.42 Å². The fourth-order valence-corrected chi connectivity index (χ4v) is 0.944. The predicted octanol–water partition coefficient (Wildman–Crippen LogP) is -1.32. The van der Waals surface area contributed by atoms with Crippen molar-refractivity contribution in [3.63, 3.8) is 0 Å². The van der Waals surface area contributed by atoms with Crippen LogP contribution >= 0.6 is 0 Å². The van der Waals surface area contributed by atoms with Gasteiger partial charge in [0.1, 0.15) is 0 Å². The summed E-state index contributed by atoms with van der Waals surface area (Å²) in [5, 5.41) is 0. The van der Waals surface area contributed by atoms with E-state index >= 15 is 0 Å². The number of hydrogen-bond acceptors (Lipinski definition) is 3. The molecule has 0 aromatic heterocycles. The molecule has 0 radical (unpaired) electrons. The Morgan fingerprint density at radius 1 is 1.89 bits per heavy atom. The van der Waals surface area contributed by atoms with E-state index in [1.54, 1.807) is 0 Å². The first-order valence-electron chi connectivity index (χ1n) is 2.96. The lowest BCUT2D eigenvalue weighted by atomic mass is 10.0. The van der Waals surface area contributed by atoms with E-state index in [-0.39, 0.29) is 11.9 Å². The average Bonchev–Trinajstić information content (AvgIpc) is 1.84. The predicted molar refractivity (Wildman–Crippen MR) is 33.4 cm³/mol. The summed E-state index contributed by atoms with van der Waals surface area (Å²) in [6.45, 7) is 0.998. The molecule has 1 aliphatic rings. The van der Waals surface area contributed by atoms with E-state index in [4.69, 9.17) is 5.84 Å². The molecule has 0 aromatic carbocycles. The molecule has 4 nitrogen and oxygen atoms in total. The fraction of sp³-hybridized carbons (Fsp3) is 0.800. The molecule has 9 heavy (non-hydrogen) atoms. The van der Waals surface area contributed by atoms with Crippen LogP contribution in [0.4, 0.5) is 0 Å². The van der Waals surface area contributed by atoms with Crippen LogP contribution in [0.15, 0.2) is 0 Å². The summed E-state index contributed by atoms with van der Waals surface area (Å²) in [5.74, 6) is 4.84. The number of carbonyl (C=O) groups excluding carboxylic acids is 1. The highest BCUT2D eigenvalue weighted by molar-refractivity contribution is 5.81. The third-order valence-corrected chi connectivity index (χ3v) is 1.73. The molecule has 1 amide bonds. The molecule has 1 atom stereocenters. The summed E-state index contributed by atoms with van der Waals surface area (Å²) in [7, 11) is 1.91. The lowest BCUT2D eigenvalue weighted by Gasteiger charge is -2.35. The maximum absolute atomic E-state index is 10.7. The SMILES string of the molecule is CN1CCC1C(=O)NN. The average molecular weight is 129 g/mol. The van der Waals surface area contributed by atoms with Crippen molar-refractivity contribution in [2.75, 3.05) is 13.6 Å². The minimum atomic E-state index is -0.0799. The van der Waals surface area contributed by atoms with Crippen molar-refractivity contribution in [1.29, 1.82) is 0 Å². The molecular weight excluding hydrogens is 118 g/mol. The fourth-order valence-electron chi connectivity index (χ4n) is 0.944. The Morgan fingerprint density at radius 3 is 2.67 bits per heavy atom. The minimum Gasteiger partial charge on any atom is -0.295 e. The number of rotatable bonds is 1. The molecular formula is C5H11N3O. The monoisotopic (exact) mass is 129 g/mol. The Balaban J connectivity index is 2.35. The summed E-state index contributed by atoms with van der Waals surface area (Å²) in [6.07, 6.45) is 0.930. The maximum atomic E-state index is 10.7. The number of nitrogens with zero attached hydrogens (tertiary/aromatic N) is 1. The van der Waals surface area contributed by atoms with Crippen LogP contribution < -0.4 is 11.3 Å². The highest BCUT2D eigenvalue weighted by atomic mass is 16.2. The molecule has 0 spiro atoms. The van der Waals surface area contributed by atoms with Crippen LogP contribution in [0.5, 0.6) is 0 Å². The van der Waals surface area contributed by atoms with Gasteiger partial charge in [0.25, 0.3) is 5.91 Å². The molecule has 0 aliphatic carbocycles. The Morgan fingerprint density at radius 2 is 2.56 bits per heavy atom. The van der Waals surface area contributed by atoms with Gasteiger partial charge in [-0.3, -0.25) is 15.1 Å². The Labute approximate surface area is 54.0 Å². The van der Waals surface area contributed by atoms with Gasteiger partial charge in [-0.25, -0.2) is 5.84 Å². The molecule has 0 saturated carbocycles. The van der Waals surface area contributed by atoms with E-state index in [0.29, 0.717) is 0 Å². The van der Waals surface area contributed by atoms with Crippen molar-refractivity contribution in [3.05, 3.63) is 0 Å². The third kappa shape index (κ3) is 1.04. The summed E-state index contributed by atoms with van der Waals surface area (Å²) in [5.41, 5.74) is 2.12. The number of amides is 1. The quantitative estimate of drug-likeness (QED) is 0.262. The zero-order chi connectivity index (χ0) is 6.85. The van der Waals surface area contributed by atoms with Crippen molar-refractivity contribution < 1.29 is 4.79 Å². The Kier molecular flexibility index (Phi) is 1.68. The molecule has 0 bridgehead atoms. The minimum absolute atomic E-state index is 0.0231. The summed E-state index contributed by atoms with van der Waals surface area (Å²) < 4.78 is 0. The van der Waals surface area contributed by atoms with Crippen LogP contribution in [0.3, 0.4) is 0 Å². The first-order chi connectivity index (χ1) is 4.25. The molecule has 52 valence electrons. The number of carbonyl (C=O) groups is 1. The zero-order valence-electron chi connectivity index (χ0n) is 5.42. The van der Waals surface area contributed by atoms with Crippen molar-refractivity contribution >= 4 is 5.91 Å². The van der Waals surface area contributed by atoms with Gasteiger partial charge in [-0.1, -0.05) is 0 Å². The van der Waals surface area contributed by atoms with Crippen molar-refractivity contribution in [1.82, 2.24) is 10.3 Å². The van der Waals surface area contributed by atoms with Gasteiger partial charge in [0.2, 0.25) is 0 Å². The van der Waals surface area contributed by atoms with Gasteiger partial charge in [-0.05, 0) is 13.5 Å². The van der Waals surface area contributed by atoms with Gasteiger partial charge >= 0.3 is 0 Å². The largest absolute Gasteiger partial charge is 0.295 e. The molecule has 1 heterocycles. The summed E-state index contributed by atoms with van der Waals surface area (Å²) in [4.78, 5) is 12.7. The normalized spacial score (nSPS) is 27.1. The maximum Gasteiger partial charge on any atom is 0.251 e. The van der Waals surface area contributed by atoms with Gasteiger partial charge in [-0.2, -0.15) is 0 Å². The third-order valence-electron chi connectivity index (χ3n) is 1.73. The van der Waals surface area contributed by atoms with Crippen LogP contribution in [0, 0.1) is 0 Å². The van der Waals surface area contributed by atoms with Crippen molar-refractivity contribution in [2.45, 2.75) is 12.5 Å². The lowest BCUT2D eigenvalue weighted by Crippen LogP contribution is -2.55. The second-order valence-electron chi connectivity index (χ2n) is 2.29. The van der Waals surface area contributed by atoms with Crippen LogP contribution in [-0.2, 0) is 4.79 Å². The number of likely N-dealkylation sites (tertiary alicyclic amines) is 1. The highest BCUT2D eigenvalue weighted by Gasteiger charge is 2.29. The molecule has 1 saturated heterocycles. The highest BCUT2D eigenvalue weighted by Crippen LogP contribution is 2.12. The van der Waals surface area contributed by atoms with E-state index in [9.17, 15) is 4.79 Å². The zero-order valence-corrected chi connectivity index (χ0v) is 5.42. The second-order valence-corrected chi connectivity index (χ2v) is 2.29. The van der Waals surface area contributed by atoms with E-state index in [1.165, 1.54) is 0 Å². The summed E-state index contributed by atoms with van der Waals surface area (Å²) >= 11 is 0. The number of likely N-dealkylation sites (N-methyl/N-ethyl adjacent to an activating group) is 1. The molecule has 1 fully saturated rings. The van der Waals surface area contributed by atoms with E-state index in [0.717, 1.165) is 13.0 Å². The van der Waals surface area contributed by atoms with Crippen LogP contribution in [-0.4, -0.2) is 30.4 Å². The van der Waals surface area contributed by atoms with Gasteiger partial charge < -0.3 is 0 Å². The second kappa shape index (κ2) is 2.33. The Bertz CT molecular complexity index is 125. The van der Waals surface area contributed by atoms with Crippen LogP contribution in [0.2, 0.25) is 0 Å². The molecule has 1 rings (SSSR count). The number of hydrogen-bond donors (Lipinski definition) is 2. The van der Waals surface area contributed by atoms with Gasteiger partial charge in [0, 0.05) is 6.54 Å². The topological polar surface area (TPSA) is 58.4 Å². The van der Waals surface area contributed by atoms with Gasteiger partial charge in [0.15, 0.2) is 0 Å². The first kappa shape index (κ1) is 6.51. The standard InChI is InChI=1S/C5H11N3O/c1-8-3-2-4(8)5(9)7-6/h4H,2-3,6H2,1H3,(H,7,9). The molecule has 0 aromatic rings. The molecule has 1 aliphatic heterocycles. The number of hydrazine groups is 1. The molecule has 1 unspecified atom stereocenters. The van der Waals surface area contributed by atoms with Crippen LogP contribution in [0.25, 0.3) is 0 Å². The van der Waals surface area contributed by atoms with Crippen molar-refractivity contribution in [3.8, 4) is 0 Å². The smallest absolute Gasteiger partial charge is 0.251 e. The first-order valence-corrected chi connectivity index (χ1v) is 2.96. The Hall–Kier alpha value is -0.610. The van der Waals surface area contributed by atoms with Gasteiger partial charge in [0.05, 0.1) is 6.04 Å². The number of nitrogens with two attached hydrogens (primary N) is 1. The van der Waals surface area contributed by atoms with E-state index in [2.05, 4.69) is 5.43 Å².